The first kappa shape index (κ1) is 26.7. The molecule has 3 heterocycles. The minimum absolute atomic E-state index is 0.207. The molecule has 0 unspecified atom stereocenters. The Kier molecular flexibility index (Phi) is 8.87. The lowest BCUT2D eigenvalue weighted by molar-refractivity contribution is 0.0631. The maximum atomic E-state index is 13.0. The highest BCUT2D eigenvalue weighted by Crippen LogP contribution is 2.21. The average molecular weight is 511 g/mol. The second kappa shape index (κ2) is 12.3. The monoisotopic (exact) mass is 510 g/mol. The number of H-pyrrole nitrogens is 1. The predicted octanol–water partition coefficient (Wildman–Crippen LogP) is 3.20. The number of piperazine rings is 1. The summed E-state index contributed by atoms with van der Waals surface area (Å²) in [7, 11) is 0. The number of pyridine rings is 1. The first-order valence-corrected chi connectivity index (χ1v) is 13.2. The number of likely N-dealkylation sites (tertiary alicyclic amines) is 1. The summed E-state index contributed by atoms with van der Waals surface area (Å²) in [6.45, 7) is 11.6. The first-order chi connectivity index (χ1) is 17.8. The minimum atomic E-state index is -0.326. The van der Waals surface area contributed by atoms with Gasteiger partial charge in [0.1, 0.15) is 11.3 Å². The lowest BCUT2D eigenvalue weighted by Gasteiger charge is -2.34. The second-order valence-corrected chi connectivity index (χ2v) is 10.00. The van der Waals surface area contributed by atoms with Crippen LogP contribution in [0.2, 0.25) is 0 Å². The van der Waals surface area contributed by atoms with Gasteiger partial charge in [0, 0.05) is 57.4 Å². The van der Waals surface area contributed by atoms with E-state index in [0.29, 0.717) is 39.4 Å². The smallest absolute Gasteiger partial charge is 0.409 e. The molecule has 0 spiro atoms. The number of benzene rings is 1. The fourth-order valence-corrected chi connectivity index (χ4v) is 4.91. The molecule has 2 aliphatic rings. The van der Waals surface area contributed by atoms with Crippen molar-refractivity contribution in [1.82, 2.24) is 19.7 Å². The number of carbonyl (C=O) groups excluding carboxylic acids is 2. The Morgan fingerprint density at radius 2 is 1.76 bits per heavy atom. The van der Waals surface area contributed by atoms with Crippen LogP contribution in [0.5, 0.6) is 5.75 Å². The van der Waals surface area contributed by atoms with Crippen molar-refractivity contribution in [2.45, 2.75) is 40.2 Å². The van der Waals surface area contributed by atoms with Crippen LogP contribution in [-0.4, -0.2) is 84.2 Å². The highest BCUT2D eigenvalue weighted by Gasteiger charge is 2.27. The number of nitrogens with one attached hydrogen (secondary N) is 1. The molecule has 0 aliphatic carbocycles. The van der Waals surface area contributed by atoms with Gasteiger partial charge in [0.2, 0.25) is 0 Å². The molecular formula is C28H38N4O5. The van der Waals surface area contributed by atoms with E-state index in [0.717, 1.165) is 49.5 Å². The third-order valence-corrected chi connectivity index (χ3v) is 7.25. The maximum Gasteiger partial charge on any atom is 0.409 e. The van der Waals surface area contributed by atoms with Gasteiger partial charge in [-0.3, -0.25) is 14.5 Å². The van der Waals surface area contributed by atoms with E-state index in [4.69, 9.17) is 9.47 Å². The molecule has 0 radical (unpaired) electrons. The number of carbonyl (C=O) groups is 2. The van der Waals surface area contributed by atoms with Gasteiger partial charge in [-0.25, -0.2) is 4.79 Å². The summed E-state index contributed by atoms with van der Waals surface area (Å²) >= 11 is 0. The van der Waals surface area contributed by atoms with E-state index in [-0.39, 0.29) is 29.0 Å². The van der Waals surface area contributed by atoms with Crippen LogP contribution >= 0.6 is 0 Å². The van der Waals surface area contributed by atoms with Crippen LogP contribution in [0.25, 0.3) is 0 Å². The highest BCUT2D eigenvalue weighted by atomic mass is 16.6. The molecule has 9 heteroatoms. The van der Waals surface area contributed by atoms with Crippen LogP contribution in [0.1, 0.15) is 46.9 Å². The van der Waals surface area contributed by atoms with Crippen molar-refractivity contribution in [3.05, 3.63) is 63.1 Å². The number of hydrogen-bond donors (Lipinski definition) is 1. The number of amides is 2. The molecule has 2 aliphatic heterocycles. The molecule has 1 N–H and O–H groups in total. The van der Waals surface area contributed by atoms with Gasteiger partial charge in [-0.2, -0.15) is 0 Å². The number of aromatic amines is 1. The van der Waals surface area contributed by atoms with E-state index >= 15 is 0 Å². The number of aryl methyl sites for hydroxylation is 2. The molecule has 0 bridgehead atoms. The number of hydrogen-bond acceptors (Lipinski definition) is 6. The van der Waals surface area contributed by atoms with Gasteiger partial charge in [-0.1, -0.05) is 12.1 Å². The summed E-state index contributed by atoms with van der Waals surface area (Å²) in [5.41, 5.74) is 2.77. The zero-order chi connectivity index (χ0) is 26.4. The summed E-state index contributed by atoms with van der Waals surface area (Å²) in [5, 5.41) is 0. The van der Waals surface area contributed by atoms with Gasteiger partial charge in [0.15, 0.2) is 0 Å². The maximum absolute atomic E-state index is 13.0. The molecule has 200 valence electrons. The Morgan fingerprint density at radius 1 is 1.03 bits per heavy atom. The summed E-state index contributed by atoms with van der Waals surface area (Å²) in [6.07, 6.45) is 1.65. The first-order valence-electron chi connectivity index (χ1n) is 13.2. The van der Waals surface area contributed by atoms with E-state index < -0.39 is 0 Å². The summed E-state index contributed by atoms with van der Waals surface area (Å²) in [6, 6.07) is 9.83. The fourth-order valence-electron chi connectivity index (χ4n) is 4.91. The van der Waals surface area contributed by atoms with E-state index in [9.17, 15) is 14.4 Å². The Balaban J connectivity index is 1.24. The van der Waals surface area contributed by atoms with Crippen LogP contribution in [0.3, 0.4) is 0 Å². The number of nitrogens with zero attached hydrogens (tertiary/aromatic N) is 3. The summed E-state index contributed by atoms with van der Waals surface area (Å²) in [5.74, 6) is 0.824. The quantitative estimate of drug-likeness (QED) is 0.615. The number of ether oxygens (including phenoxy) is 2. The number of aromatic nitrogens is 1. The Hall–Kier alpha value is -3.33. The van der Waals surface area contributed by atoms with Crippen LogP contribution in [0.4, 0.5) is 4.79 Å². The standard InChI is InChI=1S/C28H38N4O5/c1-4-36-28(35)31-14-12-30(13-15-31)17-22-7-9-24(10-8-22)37-19-23-6-5-11-32(18-23)27(34)25-16-20(2)21(3)29-26(25)33/h7-10,16,23H,4-6,11-15,17-19H2,1-3H3,(H,29,33)/t23-/m1/s1. The van der Waals surface area contributed by atoms with Crippen molar-refractivity contribution < 1.29 is 19.1 Å². The molecule has 2 fully saturated rings. The topological polar surface area (TPSA) is 95.2 Å². The molecular weight excluding hydrogens is 472 g/mol. The average Bonchev–Trinajstić information content (AvgIpc) is 2.91. The van der Waals surface area contributed by atoms with E-state index in [1.165, 1.54) is 5.56 Å². The second-order valence-electron chi connectivity index (χ2n) is 10.00. The molecule has 4 rings (SSSR count). The Bertz CT molecular complexity index is 1140. The molecule has 37 heavy (non-hydrogen) atoms. The van der Waals surface area contributed by atoms with Crippen molar-refractivity contribution in [2.75, 3.05) is 52.5 Å². The van der Waals surface area contributed by atoms with Crippen molar-refractivity contribution in [3.8, 4) is 5.75 Å². The van der Waals surface area contributed by atoms with Gasteiger partial charge in [0.25, 0.3) is 11.5 Å². The number of rotatable bonds is 7. The van der Waals surface area contributed by atoms with E-state index in [2.05, 4.69) is 22.0 Å². The molecule has 0 saturated carbocycles. The van der Waals surface area contributed by atoms with E-state index in [1.54, 1.807) is 15.9 Å². The zero-order valence-electron chi connectivity index (χ0n) is 22.1. The molecule has 2 aromatic rings. The Morgan fingerprint density at radius 3 is 2.46 bits per heavy atom. The van der Waals surface area contributed by atoms with Crippen molar-refractivity contribution >= 4 is 12.0 Å². The van der Waals surface area contributed by atoms with Crippen LogP contribution < -0.4 is 10.3 Å². The lowest BCUT2D eigenvalue weighted by atomic mass is 9.98. The highest BCUT2D eigenvalue weighted by molar-refractivity contribution is 5.94. The van der Waals surface area contributed by atoms with Crippen molar-refractivity contribution in [3.63, 3.8) is 0 Å². The predicted molar refractivity (Wildman–Crippen MR) is 141 cm³/mol. The van der Waals surface area contributed by atoms with Gasteiger partial charge in [-0.15, -0.1) is 0 Å². The molecule has 2 saturated heterocycles. The zero-order valence-corrected chi connectivity index (χ0v) is 22.1. The van der Waals surface area contributed by atoms with Crippen LogP contribution in [0.15, 0.2) is 35.1 Å². The third-order valence-electron chi connectivity index (χ3n) is 7.25. The fraction of sp³-hybridized carbons (Fsp3) is 0.536. The molecule has 1 aromatic carbocycles. The van der Waals surface area contributed by atoms with Gasteiger partial charge in [-0.05, 0) is 62.9 Å². The largest absolute Gasteiger partial charge is 0.493 e. The summed E-state index contributed by atoms with van der Waals surface area (Å²) < 4.78 is 11.2. The van der Waals surface area contributed by atoms with Gasteiger partial charge < -0.3 is 24.3 Å². The minimum Gasteiger partial charge on any atom is -0.493 e. The lowest BCUT2D eigenvalue weighted by Crippen LogP contribution is -2.48. The van der Waals surface area contributed by atoms with Crippen LogP contribution in [0, 0.1) is 19.8 Å². The number of piperidine rings is 1. The molecule has 2 amide bonds. The van der Waals surface area contributed by atoms with E-state index in [1.807, 2.05) is 32.9 Å². The van der Waals surface area contributed by atoms with Gasteiger partial charge >= 0.3 is 6.09 Å². The van der Waals surface area contributed by atoms with Crippen molar-refractivity contribution in [2.24, 2.45) is 5.92 Å². The molecule has 1 aromatic heterocycles. The van der Waals surface area contributed by atoms with Gasteiger partial charge in [0.05, 0.1) is 13.2 Å². The normalized spacial score (nSPS) is 18.5. The summed E-state index contributed by atoms with van der Waals surface area (Å²) in [4.78, 5) is 45.9. The Labute approximate surface area is 218 Å². The third kappa shape index (κ3) is 6.91. The molecule has 1 atom stereocenters. The van der Waals surface area contributed by atoms with Crippen LogP contribution in [-0.2, 0) is 11.3 Å². The molecule has 9 nitrogen and oxygen atoms in total. The SMILES string of the molecule is CCOC(=O)N1CCN(Cc2ccc(OC[C@@H]3CCCN(C(=O)c4cc(C)c(C)[nH]c4=O)C3)cc2)CC1. The van der Waals surface area contributed by atoms with Crippen molar-refractivity contribution in [1.29, 1.82) is 0 Å².